The minimum atomic E-state index is -0.404. The third-order valence-electron chi connectivity index (χ3n) is 7.33. The van der Waals surface area contributed by atoms with Crippen molar-refractivity contribution in [1.29, 1.82) is 5.41 Å². The summed E-state index contributed by atoms with van der Waals surface area (Å²) in [6, 6.07) is 27.9. The van der Waals surface area contributed by atoms with E-state index in [1.165, 1.54) is 0 Å². The SMILES string of the molecule is C=C/C=C\C(C)(C)N(C)C(=NC(=N)c1ccc2c(c1)oc1ccccc12)c1ccc2c(c1)oc1ccccc12. The first-order valence-electron chi connectivity index (χ1n) is 12.9. The number of nitrogens with zero attached hydrogens (tertiary/aromatic N) is 2. The molecule has 0 saturated heterocycles. The van der Waals surface area contributed by atoms with E-state index in [0.29, 0.717) is 11.4 Å². The van der Waals surface area contributed by atoms with Crippen LogP contribution in [0.3, 0.4) is 0 Å². The average Bonchev–Trinajstić information content (AvgIpc) is 3.51. The van der Waals surface area contributed by atoms with Crippen LogP contribution in [0.25, 0.3) is 43.9 Å². The molecule has 0 amide bonds. The topological polar surface area (TPSA) is 65.7 Å². The highest BCUT2D eigenvalue weighted by Gasteiger charge is 2.26. The van der Waals surface area contributed by atoms with Crippen molar-refractivity contribution in [2.75, 3.05) is 7.05 Å². The van der Waals surface area contributed by atoms with Crippen molar-refractivity contribution >= 4 is 55.5 Å². The smallest absolute Gasteiger partial charge is 0.154 e. The summed E-state index contributed by atoms with van der Waals surface area (Å²) in [5.41, 5.74) is 4.33. The molecule has 0 atom stereocenters. The number of likely N-dealkylation sites (N-methyl/N-ethyl adjacent to an activating group) is 1. The van der Waals surface area contributed by atoms with E-state index >= 15 is 0 Å². The standard InChI is InChI=1S/C34H29N3O2/c1-5-6-19-34(2,3)37(4)33(23-16-18-27-25-12-8-10-14-29(25)39-31(27)21-23)36-32(35)22-15-17-26-24-11-7-9-13-28(24)38-30(26)20-22/h5-21,35H,1H2,2-4H3/b19-6-,35-32?,36-33?. The molecule has 5 nitrogen and oxygen atoms in total. The van der Waals surface area contributed by atoms with Crippen LogP contribution < -0.4 is 0 Å². The first-order valence-corrected chi connectivity index (χ1v) is 12.9. The van der Waals surface area contributed by atoms with Crippen LogP contribution in [0.4, 0.5) is 0 Å². The summed E-state index contributed by atoms with van der Waals surface area (Å²) in [4.78, 5) is 6.97. The van der Waals surface area contributed by atoms with Gasteiger partial charge in [-0.1, -0.05) is 73.3 Å². The van der Waals surface area contributed by atoms with Crippen molar-refractivity contribution in [3.63, 3.8) is 0 Å². The van der Waals surface area contributed by atoms with Gasteiger partial charge in [-0.15, -0.1) is 0 Å². The van der Waals surface area contributed by atoms with Crippen LogP contribution in [0.1, 0.15) is 25.0 Å². The maximum atomic E-state index is 8.99. The van der Waals surface area contributed by atoms with E-state index < -0.39 is 5.54 Å². The number of para-hydroxylation sites is 2. The third-order valence-corrected chi connectivity index (χ3v) is 7.33. The van der Waals surface area contributed by atoms with E-state index in [0.717, 1.165) is 49.4 Å². The molecule has 0 unspecified atom stereocenters. The molecule has 0 fully saturated rings. The Balaban J connectivity index is 1.47. The zero-order valence-corrected chi connectivity index (χ0v) is 22.2. The normalized spacial score (nSPS) is 12.7. The van der Waals surface area contributed by atoms with Crippen molar-refractivity contribution in [2.45, 2.75) is 19.4 Å². The maximum absolute atomic E-state index is 8.99. The van der Waals surface area contributed by atoms with E-state index in [2.05, 4.69) is 43.5 Å². The number of fused-ring (bicyclic) bond motifs is 6. The number of benzene rings is 4. The van der Waals surface area contributed by atoms with Gasteiger partial charge >= 0.3 is 0 Å². The van der Waals surface area contributed by atoms with Crippen LogP contribution in [0, 0.1) is 5.41 Å². The molecule has 192 valence electrons. The molecule has 1 N–H and O–H groups in total. The van der Waals surface area contributed by atoms with Crippen LogP contribution in [0.15, 0.2) is 124 Å². The predicted molar refractivity (Wildman–Crippen MR) is 162 cm³/mol. The Hall–Kier alpha value is -4.90. The second kappa shape index (κ2) is 9.44. The molecule has 0 aliphatic rings. The van der Waals surface area contributed by atoms with Crippen molar-refractivity contribution in [2.24, 2.45) is 4.99 Å². The monoisotopic (exact) mass is 511 g/mol. The zero-order valence-electron chi connectivity index (χ0n) is 22.2. The van der Waals surface area contributed by atoms with Crippen LogP contribution in [0.2, 0.25) is 0 Å². The Kier molecular flexibility index (Phi) is 5.92. The number of allylic oxidation sites excluding steroid dienone is 2. The van der Waals surface area contributed by atoms with Gasteiger partial charge in [0.2, 0.25) is 0 Å². The molecule has 0 aliphatic carbocycles. The van der Waals surface area contributed by atoms with Gasteiger partial charge in [-0.3, -0.25) is 5.41 Å². The highest BCUT2D eigenvalue weighted by atomic mass is 16.3. The van der Waals surface area contributed by atoms with Crippen molar-refractivity contribution in [3.8, 4) is 0 Å². The fraction of sp³-hybridized carbons (Fsp3) is 0.118. The van der Waals surface area contributed by atoms with Gasteiger partial charge in [0.25, 0.3) is 0 Å². The van der Waals surface area contributed by atoms with E-state index in [1.54, 1.807) is 6.08 Å². The zero-order chi connectivity index (χ0) is 27.1. The Morgan fingerprint density at radius 1 is 0.769 bits per heavy atom. The van der Waals surface area contributed by atoms with E-state index in [9.17, 15) is 0 Å². The molecule has 5 heteroatoms. The molecular formula is C34H29N3O2. The largest absolute Gasteiger partial charge is 0.456 e. The fourth-order valence-corrected chi connectivity index (χ4v) is 4.93. The van der Waals surface area contributed by atoms with Gasteiger partial charge in [-0.05, 0) is 50.2 Å². The number of hydrogen-bond donors (Lipinski definition) is 1. The molecule has 4 aromatic carbocycles. The van der Waals surface area contributed by atoms with Gasteiger partial charge in [-0.2, -0.15) is 0 Å². The van der Waals surface area contributed by atoms with Crippen molar-refractivity contribution < 1.29 is 8.83 Å². The van der Waals surface area contributed by atoms with Gasteiger partial charge in [-0.25, -0.2) is 4.99 Å². The molecular weight excluding hydrogens is 482 g/mol. The maximum Gasteiger partial charge on any atom is 0.154 e. The second-order valence-corrected chi connectivity index (χ2v) is 10.2. The van der Waals surface area contributed by atoms with E-state index in [1.807, 2.05) is 85.9 Å². The summed E-state index contributed by atoms with van der Waals surface area (Å²) in [5, 5.41) is 13.2. The van der Waals surface area contributed by atoms with Crippen LogP contribution >= 0.6 is 0 Å². The quantitative estimate of drug-likeness (QED) is 0.143. The number of furan rings is 2. The molecule has 0 radical (unpaired) electrons. The van der Waals surface area contributed by atoms with Gasteiger partial charge in [0, 0.05) is 39.7 Å². The third kappa shape index (κ3) is 4.32. The minimum Gasteiger partial charge on any atom is -0.456 e. The molecule has 39 heavy (non-hydrogen) atoms. The second-order valence-electron chi connectivity index (χ2n) is 10.2. The molecule has 2 heterocycles. The molecule has 0 spiro atoms. The van der Waals surface area contributed by atoms with Gasteiger partial charge in [0.1, 0.15) is 28.2 Å². The number of aliphatic imine (C=N–C) groups is 1. The highest BCUT2D eigenvalue weighted by Crippen LogP contribution is 2.31. The summed E-state index contributed by atoms with van der Waals surface area (Å²) in [6.45, 7) is 8.03. The van der Waals surface area contributed by atoms with Crippen molar-refractivity contribution in [1.82, 2.24) is 4.90 Å². The summed E-state index contributed by atoms with van der Waals surface area (Å²) in [6.07, 6.45) is 5.76. The van der Waals surface area contributed by atoms with Gasteiger partial charge in [0.15, 0.2) is 5.84 Å². The van der Waals surface area contributed by atoms with Gasteiger partial charge in [0.05, 0.1) is 5.54 Å². The number of amidine groups is 2. The highest BCUT2D eigenvalue weighted by molar-refractivity contribution is 6.14. The molecule has 0 bridgehead atoms. The number of rotatable bonds is 5. The Labute approximate surface area is 226 Å². The lowest BCUT2D eigenvalue weighted by atomic mass is 10.00. The molecule has 0 aliphatic heterocycles. The first-order chi connectivity index (χ1) is 18.9. The van der Waals surface area contributed by atoms with E-state index in [4.69, 9.17) is 19.2 Å². The van der Waals surface area contributed by atoms with Crippen LogP contribution in [-0.4, -0.2) is 29.2 Å². The Morgan fingerprint density at radius 2 is 1.28 bits per heavy atom. The Bertz CT molecular complexity index is 1950. The summed E-state index contributed by atoms with van der Waals surface area (Å²) in [7, 11) is 1.99. The van der Waals surface area contributed by atoms with Crippen molar-refractivity contribution in [3.05, 3.63) is 121 Å². The molecule has 6 aromatic rings. The fourth-order valence-electron chi connectivity index (χ4n) is 4.93. The summed E-state index contributed by atoms with van der Waals surface area (Å²) in [5.74, 6) is 0.804. The number of nitrogens with one attached hydrogen (secondary N) is 1. The molecule has 2 aromatic heterocycles. The van der Waals surface area contributed by atoms with Crippen LogP contribution in [-0.2, 0) is 0 Å². The first kappa shape index (κ1) is 24.4. The predicted octanol–water partition coefficient (Wildman–Crippen LogP) is 8.71. The number of hydrogen-bond acceptors (Lipinski definition) is 3. The lowest BCUT2D eigenvalue weighted by molar-refractivity contribution is 0.322. The average molecular weight is 512 g/mol. The summed E-state index contributed by atoms with van der Waals surface area (Å²) < 4.78 is 12.2. The Morgan fingerprint density at radius 3 is 1.87 bits per heavy atom. The van der Waals surface area contributed by atoms with Gasteiger partial charge < -0.3 is 13.7 Å². The van der Waals surface area contributed by atoms with E-state index in [-0.39, 0.29) is 5.84 Å². The lowest BCUT2D eigenvalue weighted by Crippen LogP contribution is -2.44. The van der Waals surface area contributed by atoms with Crippen LogP contribution in [0.5, 0.6) is 0 Å². The molecule has 0 saturated carbocycles. The minimum absolute atomic E-state index is 0.146. The summed E-state index contributed by atoms with van der Waals surface area (Å²) >= 11 is 0. The lowest BCUT2D eigenvalue weighted by Gasteiger charge is -2.36. The molecule has 6 rings (SSSR count).